The number of hydrogen-bond acceptors (Lipinski definition) is 3. The third-order valence-corrected chi connectivity index (χ3v) is 7.83. The predicted molar refractivity (Wildman–Crippen MR) is 78.8 cm³/mol. The van der Waals surface area contributed by atoms with Crippen LogP contribution in [0.2, 0.25) is 18.1 Å². The Kier molecular flexibility index (Phi) is 6.00. The van der Waals surface area contributed by atoms with Crippen LogP contribution in [0.5, 0.6) is 0 Å². The molecule has 18 heavy (non-hydrogen) atoms. The topological polar surface area (TPSA) is 27.7 Å². The molecule has 0 radical (unpaired) electrons. The molecule has 0 saturated carbocycles. The molecule has 0 saturated heterocycles. The van der Waals surface area contributed by atoms with Gasteiger partial charge in [0.25, 0.3) is 14.3 Å². The summed E-state index contributed by atoms with van der Waals surface area (Å²) < 4.78 is 16.8. The smallest absolute Gasteiger partial charge is 0.272 e. The van der Waals surface area contributed by atoms with Crippen molar-refractivity contribution in [1.29, 1.82) is 0 Å². The molecule has 3 nitrogen and oxygen atoms in total. The standard InChI is InChI=1S/C14H28O3Si/c1-10-12(11(2)15-6)13(16-7)17-18(8,9)14(3,4)5/h2,10H2,1,3-9H3/b13-12+. The summed E-state index contributed by atoms with van der Waals surface area (Å²) in [4.78, 5) is 0. The molecule has 0 aliphatic carbocycles. The zero-order valence-corrected chi connectivity index (χ0v) is 14.1. The molecule has 0 spiro atoms. The van der Waals surface area contributed by atoms with Gasteiger partial charge in [0.05, 0.1) is 19.8 Å². The van der Waals surface area contributed by atoms with E-state index >= 15 is 0 Å². The summed E-state index contributed by atoms with van der Waals surface area (Å²) in [5.41, 5.74) is 0.893. The van der Waals surface area contributed by atoms with Crippen molar-refractivity contribution in [3.8, 4) is 0 Å². The quantitative estimate of drug-likeness (QED) is 0.406. The Bertz CT molecular complexity index is 324. The van der Waals surface area contributed by atoms with Crippen molar-refractivity contribution in [2.45, 2.75) is 52.2 Å². The summed E-state index contributed by atoms with van der Waals surface area (Å²) in [5, 5.41) is 0.129. The Hall–Kier alpha value is -0.903. The van der Waals surface area contributed by atoms with Gasteiger partial charge in [0.15, 0.2) is 0 Å². The molecule has 0 unspecified atom stereocenters. The van der Waals surface area contributed by atoms with E-state index in [1.54, 1.807) is 14.2 Å². The number of allylic oxidation sites excluding steroid dienone is 1. The molecule has 0 N–H and O–H groups in total. The second-order valence-corrected chi connectivity index (χ2v) is 10.5. The number of methoxy groups -OCH3 is 2. The van der Waals surface area contributed by atoms with E-state index in [0.29, 0.717) is 11.7 Å². The van der Waals surface area contributed by atoms with Crippen LogP contribution in [0.15, 0.2) is 23.9 Å². The molecule has 0 atom stereocenters. The van der Waals surface area contributed by atoms with Crippen molar-refractivity contribution in [2.75, 3.05) is 14.2 Å². The van der Waals surface area contributed by atoms with E-state index in [2.05, 4.69) is 40.4 Å². The lowest BCUT2D eigenvalue weighted by molar-refractivity contribution is 0.131. The molecule has 0 aromatic heterocycles. The average molecular weight is 272 g/mol. The lowest BCUT2D eigenvalue weighted by atomic mass is 10.2. The molecular formula is C14H28O3Si. The Morgan fingerprint density at radius 2 is 1.61 bits per heavy atom. The minimum absolute atomic E-state index is 0.129. The van der Waals surface area contributed by atoms with Crippen LogP contribution in [0, 0.1) is 0 Å². The van der Waals surface area contributed by atoms with Crippen LogP contribution in [0.3, 0.4) is 0 Å². The van der Waals surface area contributed by atoms with E-state index in [9.17, 15) is 0 Å². The Morgan fingerprint density at radius 1 is 1.11 bits per heavy atom. The highest BCUT2D eigenvalue weighted by atomic mass is 28.4. The Morgan fingerprint density at radius 3 is 1.89 bits per heavy atom. The van der Waals surface area contributed by atoms with Gasteiger partial charge in [-0.15, -0.1) is 0 Å². The normalized spacial score (nSPS) is 13.8. The minimum Gasteiger partial charge on any atom is -0.519 e. The fourth-order valence-electron chi connectivity index (χ4n) is 1.19. The molecule has 0 aromatic rings. The van der Waals surface area contributed by atoms with Crippen LogP contribution in [-0.2, 0) is 13.9 Å². The van der Waals surface area contributed by atoms with Gasteiger partial charge in [-0.2, -0.15) is 0 Å². The molecule has 0 fully saturated rings. The number of ether oxygens (including phenoxy) is 2. The highest BCUT2D eigenvalue weighted by Gasteiger charge is 2.40. The zero-order valence-electron chi connectivity index (χ0n) is 13.1. The molecular weight excluding hydrogens is 244 g/mol. The van der Waals surface area contributed by atoms with Crippen molar-refractivity contribution in [2.24, 2.45) is 0 Å². The third kappa shape index (κ3) is 4.09. The Balaban J connectivity index is 5.34. The van der Waals surface area contributed by atoms with Crippen molar-refractivity contribution in [3.63, 3.8) is 0 Å². The number of rotatable bonds is 6. The lowest BCUT2D eigenvalue weighted by Gasteiger charge is -2.37. The van der Waals surface area contributed by atoms with Gasteiger partial charge in [-0.25, -0.2) is 0 Å². The summed E-state index contributed by atoms with van der Waals surface area (Å²) in [6.07, 6.45) is 0.768. The van der Waals surface area contributed by atoms with Crippen LogP contribution in [-0.4, -0.2) is 22.5 Å². The second-order valence-electron chi connectivity index (χ2n) is 5.81. The zero-order chi connectivity index (χ0) is 14.6. The SMILES string of the molecule is C=C(OC)/C(CC)=C(\OC)O[Si](C)(C)C(C)(C)C. The van der Waals surface area contributed by atoms with E-state index < -0.39 is 8.32 Å². The maximum Gasteiger partial charge on any atom is 0.272 e. The van der Waals surface area contributed by atoms with Gasteiger partial charge in [-0.1, -0.05) is 34.3 Å². The summed E-state index contributed by atoms with van der Waals surface area (Å²) in [7, 11) is 1.33. The highest BCUT2D eigenvalue weighted by Crippen LogP contribution is 2.39. The molecule has 0 aromatic carbocycles. The molecule has 0 heterocycles. The summed E-state index contributed by atoms with van der Waals surface area (Å²) >= 11 is 0. The average Bonchev–Trinajstić information content (AvgIpc) is 2.26. The van der Waals surface area contributed by atoms with E-state index in [-0.39, 0.29) is 5.04 Å². The molecule has 0 bridgehead atoms. The Labute approximate surface area is 113 Å². The van der Waals surface area contributed by atoms with Crippen LogP contribution < -0.4 is 0 Å². The molecule has 106 valence electrons. The first-order chi connectivity index (χ1) is 8.10. The van der Waals surface area contributed by atoms with Crippen LogP contribution in [0.1, 0.15) is 34.1 Å². The van der Waals surface area contributed by atoms with Gasteiger partial charge in [0.2, 0.25) is 0 Å². The number of hydrogen-bond donors (Lipinski definition) is 0. The van der Waals surface area contributed by atoms with Crippen molar-refractivity contribution in [1.82, 2.24) is 0 Å². The summed E-state index contributed by atoms with van der Waals surface area (Å²) in [5.74, 6) is 1.16. The monoisotopic (exact) mass is 272 g/mol. The second kappa shape index (κ2) is 6.32. The van der Waals surface area contributed by atoms with E-state index in [4.69, 9.17) is 13.9 Å². The predicted octanol–water partition coefficient (Wildman–Crippen LogP) is 4.44. The molecule has 0 rings (SSSR count). The van der Waals surface area contributed by atoms with Crippen molar-refractivity contribution < 1.29 is 13.9 Å². The molecule has 0 amide bonds. The van der Waals surface area contributed by atoms with E-state index in [0.717, 1.165) is 12.0 Å². The van der Waals surface area contributed by atoms with Crippen molar-refractivity contribution in [3.05, 3.63) is 23.9 Å². The van der Waals surface area contributed by atoms with E-state index in [1.807, 2.05) is 6.92 Å². The third-order valence-electron chi connectivity index (χ3n) is 3.52. The van der Waals surface area contributed by atoms with Crippen LogP contribution in [0.4, 0.5) is 0 Å². The van der Waals surface area contributed by atoms with Gasteiger partial charge in [0, 0.05) is 0 Å². The largest absolute Gasteiger partial charge is 0.519 e. The van der Waals surface area contributed by atoms with Gasteiger partial charge in [0.1, 0.15) is 5.76 Å². The first kappa shape index (κ1) is 17.1. The van der Waals surface area contributed by atoms with Gasteiger partial charge >= 0.3 is 0 Å². The first-order valence-corrected chi connectivity index (χ1v) is 9.21. The molecule has 0 aliphatic rings. The van der Waals surface area contributed by atoms with Gasteiger partial charge in [-0.05, 0) is 24.6 Å². The highest BCUT2D eigenvalue weighted by molar-refractivity contribution is 6.74. The van der Waals surface area contributed by atoms with Crippen molar-refractivity contribution >= 4 is 8.32 Å². The van der Waals surface area contributed by atoms with Gasteiger partial charge in [-0.3, -0.25) is 0 Å². The van der Waals surface area contributed by atoms with Crippen LogP contribution in [0.25, 0.3) is 0 Å². The summed E-state index contributed by atoms with van der Waals surface area (Å²) in [6.45, 7) is 16.9. The fraction of sp³-hybridized carbons (Fsp3) is 0.714. The molecule has 4 heteroatoms. The fourth-order valence-corrected chi connectivity index (χ4v) is 2.17. The first-order valence-electron chi connectivity index (χ1n) is 6.30. The van der Waals surface area contributed by atoms with E-state index in [1.165, 1.54) is 0 Å². The van der Waals surface area contributed by atoms with Crippen LogP contribution >= 0.6 is 0 Å². The maximum atomic E-state index is 6.18. The minimum atomic E-state index is -1.91. The van der Waals surface area contributed by atoms with Gasteiger partial charge < -0.3 is 13.9 Å². The molecule has 0 aliphatic heterocycles. The summed E-state index contributed by atoms with van der Waals surface area (Å²) in [6, 6.07) is 0. The lowest BCUT2D eigenvalue weighted by Crippen LogP contribution is -2.41. The maximum absolute atomic E-state index is 6.18.